The van der Waals surface area contributed by atoms with Crippen molar-refractivity contribution in [1.82, 2.24) is 9.80 Å². The molecule has 0 aromatic rings. The summed E-state index contributed by atoms with van der Waals surface area (Å²) >= 11 is 2.03. The normalized spacial score (nSPS) is 28.0. The summed E-state index contributed by atoms with van der Waals surface area (Å²) < 4.78 is 20.3. The quantitative estimate of drug-likeness (QED) is 0.196. The average Bonchev–Trinajstić information content (AvgIpc) is 2.97. The van der Waals surface area contributed by atoms with Crippen LogP contribution in [0.4, 0.5) is 0 Å². The number of amidine groups is 2. The Balaban J connectivity index is 0.00000364. The molecule has 2 rings (SSSR count). The van der Waals surface area contributed by atoms with Crippen molar-refractivity contribution in [3.8, 4) is 0 Å². The van der Waals surface area contributed by atoms with Crippen molar-refractivity contribution in [2.75, 3.05) is 20.7 Å². The standard InChI is InChI=1S/C13H19N4O6PS2.Na/c1-7(2)6-17-9(18)8(3)25-13(17)15-14-12-16(4)10(19)11(26-12)23-24(20,21)22-5;/h8,11H,1,6H2,2-5H3,(H,20,21);/q;+1/p-1/b14-12+,15-13+;. The van der Waals surface area contributed by atoms with E-state index in [1.54, 1.807) is 13.8 Å². The van der Waals surface area contributed by atoms with Crippen LogP contribution < -0.4 is 34.5 Å². The third-order valence-electron chi connectivity index (χ3n) is 3.26. The van der Waals surface area contributed by atoms with Gasteiger partial charge in [0, 0.05) is 20.7 Å². The van der Waals surface area contributed by atoms with Gasteiger partial charge < -0.3 is 9.42 Å². The second-order valence-electron chi connectivity index (χ2n) is 5.49. The molecule has 2 aliphatic rings. The first-order valence-corrected chi connectivity index (χ1v) is 10.5. The summed E-state index contributed by atoms with van der Waals surface area (Å²) in [7, 11) is -2.21. The van der Waals surface area contributed by atoms with Gasteiger partial charge in [0.05, 0.1) is 5.25 Å². The van der Waals surface area contributed by atoms with E-state index < -0.39 is 19.2 Å². The van der Waals surface area contributed by atoms with Crippen LogP contribution in [0.3, 0.4) is 0 Å². The maximum Gasteiger partial charge on any atom is 1.00 e. The monoisotopic (exact) mass is 444 g/mol. The molecule has 10 nitrogen and oxygen atoms in total. The largest absolute Gasteiger partial charge is 1.00 e. The van der Waals surface area contributed by atoms with Gasteiger partial charge in [0.2, 0.25) is 5.91 Å². The summed E-state index contributed by atoms with van der Waals surface area (Å²) in [6.45, 7) is 7.66. The van der Waals surface area contributed by atoms with Gasteiger partial charge in [-0.2, -0.15) is 0 Å². The van der Waals surface area contributed by atoms with Crippen molar-refractivity contribution in [1.29, 1.82) is 0 Å². The molecule has 27 heavy (non-hydrogen) atoms. The Morgan fingerprint density at radius 2 is 1.89 bits per heavy atom. The van der Waals surface area contributed by atoms with E-state index in [2.05, 4.69) is 25.8 Å². The fourth-order valence-electron chi connectivity index (χ4n) is 1.96. The first kappa shape index (κ1) is 24.9. The smallest absolute Gasteiger partial charge is 0.756 e. The Bertz CT molecular complexity index is 748. The van der Waals surface area contributed by atoms with Gasteiger partial charge in [0.15, 0.2) is 15.8 Å². The van der Waals surface area contributed by atoms with Crippen LogP contribution in [0, 0.1) is 0 Å². The number of nitrogens with zero attached hydrogens (tertiary/aromatic N) is 4. The van der Waals surface area contributed by atoms with Crippen molar-refractivity contribution in [3.05, 3.63) is 12.2 Å². The SMILES string of the molecule is C=C(C)CN1C(=O)C(C)S/C1=N/N=C1/SC(OP(=O)([O-])OC)C(=O)N1C.[Na+]. The minimum atomic E-state index is -4.57. The van der Waals surface area contributed by atoms with Crippen LogP contribution in [0.25, 0.3) is 0 Å². The van der Waals surface area contributed by atoms with Crippen molar-refractivity contribution in [3.63, 3.8) is 0 Å². The van der Waals surface area contributed by atoms with Gasteiger partial charge in [-0.25, -0.2) is 0 Å². The van der Waals surface area contributed by atoms with E-state index in [0.29, 0.717) is 11.7 Å². The molecular weight excluding hydrogens is 426 g/mol. The maximum absolute atomic E-state index is 12.2. The molecule has 0 aliphatic carbocycles. The topological polar surface area (TPSA) is 124 Å². The fourth-order valence-corrected chi connectivity index (χ4v) is 4.56. The first-order chi connectivity index (χ1) is 12.1. The molecular formula is C13H18N4NaO6PS2. The summed E-state index contributed by atoms with van der Waals surface area (Å²) in [6.07, 6.45) is 0. The van der Waals surface area contributed by atoms with Crippen LogP contribution >= 0.6 is 31.3 Å². The Morgan fingerprint density at radius 3 is 2.44 bits per heavy atom. The van der Waals surface area contributed by atoms with Gasteiger partial charge >= 0.3 is 29.6 Å². The fraction of sp³-hybridized carbons (Fsp3) is 0.538. The molecule has 14 heteroatoms. The van der Waals surface area contributed by atoms with Crippen LogP contribution in [0.5, 0.6) is 0 Å². The van der Waals surface area contributed by atoms with E-state index in [0.717, 1.165) is 29.3 Å². The van der Waals surface area contributed by atoms with Crippen LogP contribution in [-0.4, -0.2) is 63.3 Å². The molecule has 2 amide bonds. The molecule has 0 saturated carbocycles. The third kappa shape index (κ3) is 6.15. The number of hydrogen-bond donors (Lipinski definition) is 0. The Labute approximate surface area is 187 Å². The number of carbonyl (C=O) groups excluding carboxylic acids is 2. The van der Waals surface area contributed by atoms with E-state index in [-0.39, 0.29) is 45.9 Å². The molecule has 0 N–H and O–H groups in total. The number of carbonyl (C=O) groups is 2. The second kappa shape index (κ2) is 10.0. The van der Waals surface area contributed by atoms with E-state index >= 15 is 0 Å². The Kier molecular flexibility index (Phi) is 9.25. The number of amides is 2. The number of likely N-dealkylation sites (N-methyl/N-ethyl adjacent to an activating group) is 1. The molecule has 0 spiro atoms. The zero-order chi connectivity index (χ0) is 19.6. The molecule has 0 aromatic carbocycles. The zero-order valence-electron chi connectivity index (χ0n) is 15.6. The van der Waals surface area contributed by atoms with Gasteiger partial charge in [-0.15, -0.1) is 10.2 Å². The average molecular weight is 444 g/mol. The van der Waals surface area contributed by atoms with Gasteiger partial charge in [-0.05, 0) is 25.6 Å². The molecule has 3 atom stereocenters. The van der Waals surface area contributed by atoms with Crippen LogP contribution in [-0.2, 0) is 23.2 Å². The first-order valence-electron chi connectivity index (χ1n) is 7.33. The van der Waals surface area contributed by atoms with Crippen molar-refractivity contribution in [2.24, 2.45) is 10.2 Å². The summed E-state index contributed by atoms with van der Waals surface area (Å²) in [5, 5.41) is 8.28. The maximum atomic E-state index is 12.2. The number of rotatable bonds is 6. The summed E-state index contributed by atoms with van der Waals surface area (Å²) in [6, 6.07) is 0. The number of thioether (sulfide) groups is 2. The molecule has 3 unspecified atom stereocenters. The van der Waals surface area contributed by atoms with Crippen LogP contribution in [0.15, 0.2) is 22.4 Å². The molecule has 144 valence electrons. The minimum Gasteiger partial charge on any atom is -0.756 e. The van der Waals surface area contributed by atoms with Gasteiger partial charge in [-0.1, -0.05) is 23.9 Å². The Morgan fingerprint density at radius 1 is 1.30 bits per heavy atom. The predicted molar refractivity (Wildman–Crippen MR) is 98.3 cm³/mol. The van der Waals surface area contributed by atoms with Gasteiger partial charge in [-0.3, -0.25) is 28.5 Å². The molecule has 0 aromatic heterocycles. The van der Waals surface area contributed by atoms with E-state index in [4.69, 9.17) is 0 Å². The van der Waals surface area contributed by atoms with Crippen LogP contribution in [0.2, 0.25) is 0 Å². The Hall–Kier alpha value is -0.170. The van der Waals surface area contributed by atoms with Gasteiger partial charge in [0.25, 0.3) is 13.7 Å². The molecule has 2 aliphatic heterocycles. The summed E-state index contributed by atoms with van der Waals surface area (Å²) in [4.78, 5) is 38.2. The molecule has 2 saturated heterocycles. The molecule has 0 bridgehead atoms. The molecule has 2 heterocycles. The third-order valence-corrected chi connectivity index (χ3v) is 6.46. The van der Waals surface area contributed by atoms with Gasteiger partial charge in [0.1, 0.15) is 0 Å². The minimum absolute atomic E-state index is 0. The summed E-state index contributed by atoms with van der Waals surface area (Å²) in [5.74, 6) is -0.710. The number of phosphoric acid groups is 1. The molecule has 0 radical (unpaired) electrons. The number of hydrogen-bond acceptors (Lipinski definition) is 10. The number of phosphoric ester groups is 1. The predicted octanol–water partition coefficient (Wildman–Crippen LogP) is -2.18. The second-order valence-corrected chi connectivity index (χ2v) is 9.30. The molecule has 2 fully saturated rings. The van der Waals surface area contributed by atoms with E-state index in [1.165, 1.54) is 23.7 Å². The summed E-state index contributed by atoms with van der Waals surface area (Å²) in [5.41, 5.74) is -0.541. The van der Waals surface area contributed by atoms with Crippen LogP contribution in [0.1, 0.15) is 13.8 Å². The van der Waals surface area contributed by atoms with E-state index in [9.17, 15) is 19.0 Å². The zero-order valence-corrected chi connectivity index (χ0v) is 20.1. The van der Waals surface area contributed by atoms with Crippen molar-refractivity contribution < 1.29 is 57.7 Å². The van der Waals surface area contributed by atoms with E-state index in [1.807, 2.05) is 0 Å². The van der Waals surface area contributed by atoms with Crippen molar-refractivity contribution in [2.45, 2.75) is 24.5 Å². The van der Waals surface area contributed by atoms with Crippen molar-refractivity contribution >= 4 is 53.5 Å².